The minimum atomic E-state index is 0.657. The van der Waals surface area contributed by atoms with E-state index in [1.165, 1.54) is 44.1 Å². The second kappa shape index (κ2) is 7.89. The van der Waals surface area contributed by atoms with Crippen LogP contribution in [0.25, 0.3) is 0 Å². The zero-order valence-corrected chi connectivity index (χ0v) is 14.0. The van der Waals surface area contributed by atoms with Gasteiger partial charge in [0.1, 0.15) is 0 Å². The van der Waals surface area contributed by atoms with Crippen molar-refractivity contribution in [2.45, 2.75) is 51.1 Å². The zero-order valence-electron chi connectivity index (χ0n) is 12.4. The first-order valence-corrected chi connectivity index (χ1v) is 8.17. The fraction of sp³-hybridized carbons (Fsp3) is 0.625. The third kappa shape index (κ3) is 4.13. The minimum absolute atomic E-state index is 0.657. The predicted molar refractivity (Wildman–Crippen MR) is 85.6 cm³/mol. The molecule has 3 nitrogen and oxygen atoms in total. The lowest BCUT2D eigenvalue weighted by atomic mass is 10.1. The van der Waals surface area contributed by atoms with Gasteiger partial charge in [-0.25, -0.2) is 0 Å². The molecule has 0 spiro atoms. The smallest absolute Gasteiger partial charge is 0.174 e. The van der Waals surface area contributed by atoms with E-state index in [0.717, 1.165) is 22.5 Å². The molecule has 1 N–H and O–H groups in total. The average molecular weight is 342 g/mol. The summed E-state index contributed by atoms with van der Waals surface area (Å²) in [6.45, 7) is 0.879. The molecule has 0 atom stereocenters. The number of halogens is 1. The Hall–Kier alpha value is -0.740. The average Bonchev–Trinajstić information content (AvgIpc) is 2.73. The molecule has 112 valence electrons. The van der Waals surface area contributed by atoms with E-state index in [1.54, 1.807) is 14.2 Å². The molecule has 4 heteroatoms. The SMILES string of the molecule is COc1cc(CNC2CCCCCC2)cc(Br)c1OC. The van der Waals surface area contributed by atoms with Crippen LogP contribution < -0.4 is 14.8 Å². The largest absolute Gasteiger partial charge is 0.493 e. The quantitative estimate of drug-likeness (QED) is 0.811. The first kappa shape index (κ1) is 15.6. The van der Waals surface area contributed by atoms with Crippen molar-refractivity contribution < 1.29 is 9.47 Å². The highest BCUT2D eigenvalue weighted by atomic mass is 79.9. The van der Waals surface area contributed by atoms with Gasteiger partial charge in [-0.3, -0.25) is 0 Å². The molecule has 1 saturated carbocycles. The molecule has 0 radical (unpaired) electrons. The Kier molecular flexibility index (Phi) is 6.17. The maximum Gasteiger partial charge on any atom is 0.174 e. The molecule has 0 aromatic heterocycles. The van der Waals surface area contributed by atoms with Gasteiger partial charge in [-0.15, -0.1) is 0 Å². The normalized spacial score (nSPS) is 16.8. The lowest BCUT2D eigenvalue weighted by molar-refractivity contribution is 0.352. The summed E-state index contributed by atoms with van der Waals surface area (Å²) in [5, 5.41) is 3.68. The summed E-state index contributed by atoms with van der Waals surface area (Å²) in [6.07, 6.45) is 8.09. The van der Waals surface area contributed by atoms with Crippen LogP contribution in [0, 0.1) is 0 Å². The van der Waals surface area contributed by atoms with Gasteiger partial charge >= 0.3 is 0 Å². The van der Waals surface area contributed by atoms with Crippen LogP contribution in [0.3, 0.4) is 0 Å². The van der Waals surface area contributed by atoms with Crippen LogP contribution in [0.4, 0.5) is 0 Å². The number of ether oxygens (including phenoxy) is 2. The summed E-state index contributed by atoms with van der Waals surface area (Å²) in [6, 6.07) is 4.81. The Morgan fingerprint density at radius 1 is 1.10 bits per heavy atom. The van der Waals surface area contributed by atoms with E-state index in [0.29, 0.717) is 6.04 Å². The molecule has 0 saturated heterocycles. The van der Waals surface area contributed by atoms with Gasteiger partial charge < -0.3 is 14.8 Å². The van der Waals surface area contributed by atoms with Gasteiger partial charge in [-0.1, -0.05) is 25.7 Å². The second-order valence-electron chi connectivity index (χ2n) is 5.38. The summed E-state index contributed by atoms with van der Waals surface area (Å²) < 4.78 is 11.7. The molecule has 1 aliphatic rings. The number of nitrogens with one attached hydrogen (secondary N) is 1. The molecule has 0 aliphatic heterocycles. The predicted octanol–water partition coefficient (Wildman–Crippen LogP) is 4.28. The molecular weight excluding hydrogens is 318 g/mol. The summed E-state index contributed by atoms with van der Waals surface area (Å²) in [7, 11) is 3.33. The Morgan fingerprint density at radius 3 is 2.40 bits per heavy atom. The molecule has 1 aromatic rings. The first-order chi connectivity index (χ1) is 9.74. The summed E-state index contributed by atoms with van der Waals surface area (Å²) in [5.74, 6) is 1.53. The van der Waals surface area contributed by atoms with Crippen molar-refractivity contribution in [1.29, 1.82) is 0 Å². The van der Waals surface area contributed by atoms with Crippen LogP contribution in [0.1, 0.15) is 44.1 Å². The van der Waals surface area contributed by atoms with E-state index >= 15 is 0 Å². The third-order valence-electron chi connectivity index (χ3n) is 3.94. The molecule has 0 heterocycles. The molecule has 0 amide bonds. The van der Waals surface area contributed by atoms with Gasteiger partial charge in [0, 0.05) is 12.6 Å². The lowest BCUT2D eigenvalue weighted by Gasteiger charge is -2.17. The molecule has 1 aromatic carbocycles. The standard InChI is InChI=1S/C16H24BrNO2/c1-19-15-10-12(9-14(17)16(15)20-2)11-18-13-7-5-3-4-6-8-13/h9-10,13,18H,3-8,11H2,1-2H3. The number of benzene rings is 1. The highest BCUT2D eigenvalue weighted by Crippen LogP contribution is 2.36. The second-order valence-corrected chi connectivity index (χ2v) is 6.24. The van der Waals surface area contributed by atoms with E-state index in [1.807, 2.05) is 6.07 Å². The molecule has 20 heavy (non-hydrogen) atoms. The van der Waals surface area contributed by atoms with Gasteiger partial charge in [0.05, 0.1) is 18.7 Å². The van der Waals surface area contributed by atoms with Gasteiger partial charge in [-0.2, -0.15) is 0 Å². The van der Waals surface area contributed by atoms with Crippen molar-refractivity contribution >= 4 is 15.9 Å². The molecule has 1 aliphatic carbocycles. The Labute approximate surface area is 130 Å². The monoisotopic (exact) mass is 341 g/mol. The Morgan fingerprint density at radius 2 is 1.80 bits per heavy atom. The molecule has 0 bridgehead atoms. The van der Waals surface area contributed by atoms with E-state index in [4.69, 9.17) is 9.47 Å². The van der Waals surface area contributed by atoms with Gasteiger partial charge in [-0.05, 0) is 46.5 Å². The van der Waals surface area contributed by atoms with Crippen molar-refractivity contribution in [2.24, 2.45) is 0 Å². The fourth-order valence-electron chi connectivity index (χ4n) is 2.82. The maximum absolute atomic E-state index is 5.39. The number of hydrogen-bond donors (Lipinski definition) is 1. The lowest BCUT2D eigenvalue weighted by Crippen LogP contribution is -2.27. The van der Waals surface area contributed by atoms with Crippen molar-refractivity contribution in [3.8, 4) is 11.5 Å². The van der Waals surface area contributed by atoms with Gasteiger partial charge in [0.25, 0.3) is 0 Å². The molecular formula is C16H24BrNO2. The zero-order chi connectivity index (χ0) is 14.4. The van der Waals surface area contributed by atoms with Crippen LogP contribution in [0.2, 0.25) is 0 Å². The van der Waals surface area contributed by atoms with Crippen LogP contribution in [-0.4, -0.2) is 20.3 Å². The van der Waals surface area contributed by atoms with E-state index in [-0.39, 0.29) is 0 Å². The Balaban J connectivity index is 2.00. The summed E-state index contributed by atoms with van der Waals surface area (Å²) in [4.78, 5) is 0. The van der Waals surface area contributed by atoms with Crippen LogP contribution >= 0.6 is 15.9 Å². The topological polar surface area (TPSA) is 30.5 Å². The Bertz CT molecular complexity index is 429. The third-order valence-corrected chi connectivity index (χ3v) is 4.53. The number of methoxy groups -OCH3 is 2. The molecule has 2 rings (SSSR count). The van der Waals surface area contributed by atoms with Crippen molar-refractivity contribution in [2.75, 3.05) is 14.2 Å². The summed E-state index contributed by atoms with van der Waals surface area (Å²) >= 11 is 3.54. The van der Waals surface area contributed by atoms with E-state index in [2.05, 4.69) is 27.3 Å². The van der Waals surface area contributed by atoms with Crippen molar-refractivity contribution in [1.82, 2.24) is 5.32 Å². The maximum atomic E-state index is 5.39. The van der Waals surface area contributed by atoms with Crippen LogP contribution in [0.15, 0.2) is 16.6 Å². The fourth-order valence-corrected chi connectivity index (χ4v) is 3.47. The van der Waals surface area contributed by atoms with Crippen molar-refractivity contribution in [3.05, 3.63) is 22.2 Å². The highest BCUT2D eigenvalue weighted by molar-refractivity contribution is 9.10. The van der Waals surface area contributed by atoms with E-state index < -0.39 is 0 Å². The number of rotatable bonds is 5. The van der Waals surface area contributed by atoms with E-state index in [9.17, 15) is 0 Å². The summed E-state index contributed by atoms with van der Waals surface area (Å²) in [5.41, 5.74) is 1.22. The van der Waals surface area contributed by atoms with Crippen molar-refractivity contribution in [3.63, 3.8) is 0 Å². The first-order valence-electron chi connectivity index (χ1n) is 7.38. The van der Waals surface area contributed by atoms with Crippen LogP contribution in [-0.2, 0) is 6.54 Å². The minimum Gasteiger partial charge on any atom is -0.493 e. The number of hydrogen-bond acceptors (Lipinski definition) is 3. The molecule has 1 fully saturated rings. The molecule has 0 unspecified atom stereocenters. The van der Waals surface area contributed by atoms with Gasteiger partial charge in [0.15, 0.2) is 11.5 Å². The van der Waals surface area contributed by atoms with Crippen LogP contribution in [0.5, 0.6) is 11.5 Å². The van der Waals surface area contributed by atoms with Gasteiger partial charge in [0.2, 0.25) is 0 Å². The highest BCUT2D eigenvalue weighted by Gasteiger charge is 2.13.